The average Bonchev–Trinajstić information content (AvgIpc) is 3.32. The molecule has 6 nitrogen and oxygen atoms in total. The Labute approximate surface area is 234 Å². The molecule has 2 heterocycles. The summed E-state index contributed by atoms with van der Waals surface area (Å²) in [4.78, 5) is 20.2. The Morgan fingerprint density at radius 2 is 1.92 bits per heavy atom. The van der Waals surface area contributed by atoms with Crippen molar-refractivity contribution in [3.05, 3.63) is 81.3 Å². The van der Waals surface area contributed by atoms with E-state index in [2.05, 4.69) is 15.9 Å². The highest BCUT2D eigenvalue weighted by atomic mass is 35.5. The van der Waals surface area contributed by atoms with Crippen LogP contribution in [0.3, 0.4) is 0 Å². The number of rotatable bonds is 8. The molecule has 3 aromatic rings. The number of β-amino-alcohol motifs (C(OH)–C–C–N with tert-alkyl or cyclic N) is 1. The molecule has 0 saturated carbocycles. The summed E-state index contributed by atoms with van der Waals surface area (Å²) in [7, 11) is 1.82. The summed E-state index contributed by atoms with van der Waals surface area (Å²) in [6, 6.07) is 19.6. The Kier molecular flexibility index (Phi) is 8.23. The van der Waals surface area contributed by atoms with Gasteiger partial charge in [-0.05, 0) is 60.0 Å². The van der Waals surface area contributed by atoms with Gasteiger partial charge in [0, 0.05) is 57.3 Å². The smallest absolute Gasteiger partial charge is 0.254 e. The molecule has 2 fully saturated rings. The Morgan fingerprint density at radius 1 is 1.13 bits per heavy atom. The quantitative estimate of drug-likeness (QED) is 0.426. The van der Waals surface area contributed by atoms with Gasteiger partial charge in [0.15, 0.2) is 0 Å². The van der Waals surface area contributed by atoms with Gasteiger partial charge in [-0.15, -0.1) is 0 Å². The second-order valence-electron chi connectivity index (χ2n) is 10.6. The molecule has 1 amide bonds. The molecule has 0 spiro atoms. The monoisotopic (exact) mass is 550 g/mol. The van der Waals surface area contributed by atoms with Crippen LogP contribution in [-0.2, 0) is 0 Å². The number of halogens is 2. The molecule has 2 saturated heterocycles. The predicted octanol–water partition coefficient (Wildman–Crippen LogP) is 5.01. The number of likely N-dealkylation sites (N-methyl/N-ethyl adjacent to an activating group) is 1. The number of amides is 1. The zero-order valence-electron chi connectivity index (χ0n) is 21.5. The number of nitriles is 1. The van der Waals surface area contributed by atoms with Crippen LogP contribution in [0.15, 0.2) is 54.6 Å². The number of fused-ring (bicyclic) bond motifs is 1. The first-order valence-electron chi connectivity index (χ1n) is 13.1. The normalized spacial score (nSPS) is 19.3. The van der Waals surface area contributed by atoms with Crippen molar-refractivity contribution >= 4 is 39.9 Å². The molecule has 1 N–H and O–H groups in total. The van der Waals surface area contributed by atoms with Crippen LogP contribution in [0.2, 0.25) is 10.0 Å². The fraction of sp³-hybridized carbons (Fsp3) is 0.400. The van der Waals surface area contributed by atoms with Gasteiger partial charge in [0.2, 0.25) is 0 Å². The van der Waals surface area contributed by atoms with E-state index in [1.165, 1.54) is 0 Å². The maximum atomic E-state index is 13.7. The topological polar surface area (TPSA) is 70.8 Å². The summed E-state index contributed by atoms with van der Waals surface area (Å²) in [6.07, 6.45) is 1.54. The van der Waals surface area contributed by atoms with Crippen molar-refractivity contribution < 1.29 is 9.90 Å². The fourth-order valence-electron chi connectivity index (χ4n) is 5.70. The van der Waals surface area contributed by atoms with Gasteiger partial charge in [0.05, 0.1) is 27.8 Å². The molecular formula is C30H32Cl2N4O2. The van der Waals surface area contributed by atoms with E-state index >= 15 is 0 Å². The molecule has 2 aliphatic heterocycles. The Hall–Kier alpha value is -2.66. The predicted molar refractivity (Wildman–Crippen MR) is 152 cm³/mol. The molecule has 0 aromatic heterocycles. The molecular weight excluding hydrogens is 519 g/mol. The van der Waals surface area contributed by atoms with Gasteiger partial charge < -0.3 is 14.9 Å². The van der Waals surface area contributed by atoms with Gasteiger partial charge in [-0.25, -0.2) is 0 Å². The molecule has 3 aromatic carbocycles. The van der Waals surface area contributed by atoms with Gasteiger partial charge in [-0.3, -0.25) is 9.69 Å². The Morgan fingerprint density at radius 3 is 2.63 bits per heavy atom. The van der Waals surface area contributed by atoms with E-state index in [1.807, 2.05) is 55.6 Å². The van der Waals surface area contributed by atoms with Gasteiger partial charge in [0.1, 0.15) is 0 Å². The highest BCUT2D eigenvalue weighted by Crippen LogP contribution is 2.31. The number of hydrogen-bond donors (Lipinski definition) is 1. The van der Waals surface area contributed by atoms with Crippen LogP contribution >= 0.6 is 23.2 Å². The largest absolute Gasteiger partial charge is 0.392 e. The van der Waals surface area contributed by atoms with Crippen LogP contribution in [0, 0.1) is 11.3 Å². The number of aliphatic hydroxyl groups is 1. The highest BCUT2D eigenvalue weighted by molar-refractivity contribution is 6.42. The Bertz CT molecular complexity index is 1370. The van der Waals surface area contributed by atoms with E-state index in [1.54, 1.807) is 11.0 Å². The third kappa shape index (κ3) is 5.83. The van der Waals surface area contributed by atoms with Gasteiger partial charge in [-0.2, -0.15) is 5.26 Å². The van der Waals surface area contributed by atoms with Crippen LogP contribution in [0.4, 0.5) is 0 Å². The van der Waals surface area contributed by atoms with Crippen molar-refractivity contribution in [2.24, 2.45) is 0 Å². The molecule has 2 aliphatic rings. The van der Waals surface area contributed by atoms with Crippen LogP contribution < -0.4 is 0 Å². The van der Waals surface area contributed by atoms with Crippen LogP contribution in [0.5, 0.6) is 0 Å². The van der Waals surface area contributed by atoms with E-state index in [9.17, 15) is 15.2 Å². The first kappa shape index (κ1) is 26.9. The maximum Gasteiger partial charge on any atom is 0.254 e. The van der Waals surface area contributed by atoms with Gasteiger partial charge in [-0.1, -0.05) is 53.5 Å². The Balaban J connectivity index is 1.31. The van der Waals surface area contributed by atoms with Crippen molar-refractivity contribution in [2.45, 2.75) is 30.9 Å². The molecule has 2 atom stereocenters. The van der Waals surface area contributed by atoms with Crippen molar-refractivity contribution in [3.8, 4) is 6.07 Å². The first-order chi connectivity index (χ1) is 18.3. The lowest BCUT2D eigenvalue weighted by Gasteiger charge is -2.44. The van der Waals surface area contributed by atoms with E-state index < -0.39 is 0 Å². The molecule has 5 rings (SSSR count). The zero-order chi connectivity index (χ0) is 26.8. The highest BCUT2D eigenvalue weighted by Gasteiger charge is 2.35. The van der Waals surface area contributed by atoms with Gasteiger partial charge in [0.25, 0.3) is 5.91 Å². The zero-order valence-corrected chi connectivity index (χ0v) is 23.0. The summed E-state index contributed by atoms with van der Waals surface area (Å²) >= 11 is 12.6. The summed E-state index contributed by atoms with van der Waals surface area (Å²) in [5.74, 6) is -0.0447. The minimum Gasteiger partial charge on any atom is -0.392 e. The number of carbonyl (C=O) groups is 1. The second kappa shape index (κ2) is 11.6. The van der Waals surface area contributed by atoms with Crippen molar-refractivity contribution in [1.29, 1.82) is 5.26 Å². The minimum atomic E-state index is -0.192. The molecule has 1 unspecified atom stereocenters. The van der Waals surface area contributed by atoms with Crippen molar-refractivity contribution in [3.63, 3.8) is 0 Å². The standard InChI is InChI=1S/C30H32Cl2N4O2/c1-34(30(38)27-13-20(15-33)12-22-4-2-3-5-26(22)27)16-23(21-6-7-28(31)29(32)14-21)8-10-35-17-24(18-35)36-11-9-25(37)19-36/h2-7,12-14,23-25,37H,8-11,16-19H2,1H3/t23-,25?/m1/s1. The molecule has 0 radical (unpaired) electrons. The first-order valence-corrected chi connectivity index (χ1v) is 13.9. The summed E-state index contributed by atoms with van der Waals surface area (Å²) < 4.78 is 0. The third-order valence-electron chi connectivity index (χ3n) is 7.92. The number of benzene rings is 3. The summed E-state index contributed by atoms with van der Waals surface area (Å²) in [5.41, 5.74) is 2.06. The molecule has 8 heteroatoms. The summed E-state index contributed by atoms with van der Waals surface area (Å²) in [5, 5.41) is 22.1. The fourth-order valence-corrected chi connectivity index (χ4v) is 6.00. The number of aliphatic hydroxyl groups excluding tert-OH is 1. The number of carbonyl (C=O) groups excluding carboxylic acids is 1. The van der Waals surface area contributed by atoms with Crippen LogP contribution in [0.1, 0.15) is 40.2 Å². The number of likely N-dealkylation sites (tertiary alicyclic amines) is 2. The van der Waals surface area contributed by atoms with Gasteiger partial charge >= 0.3 is 0 Å². The van der Waals surface area contributed by atoms with E-state index in [-0.39, 0.29) is 17.9 Å². The van der Waals surface area contributed by atoms with E-state index in [0.717, 1.165) is 61.9 Å². The molecule has 0 bridgehead atoms. The average molecular weight is 552 g/mol. The molecule has 0 aliphatic carbocycles. The second-order valence-corrected chi connectivity index (χ2v) is 11.4. The third-order valence-corrected chi connectivity index (χ3v) is 8.66. The van der Waals surface area contributed by atoms with E-state index in [0.29, 0.717) is 33.8 Å². The van der Waals surface area contributed by atoms with Crippen molar-refractivity contribution in [1.82, 2.24) is 14.7 Å². The molecule has 198 valence electrons. The van der Waals surface area contributed by atoms with Crippen LogP contribution in [-0.4, -0.2) is 84.2 Å². The molecule has 38 heavy (non-hydrogen) atoms. The SMILES string of the molecule is CN(C[C@@H](CCN1CC(N2CCC(O)C2)C1)c1ccc(Cl)c(Cl)c1)C(=O)c1cc(C#N)cc2ccccc12. The van der Waals surface area contributed by atoms with Crippen LogP contribution in [0.25, 0.3) is 10.8 Å². The lowest BCUT2D eigenvalue weighted by molar-refractivity contribution is 0.0374. The maximum absolute atomic E-state index is 13.7. The number of nitrogens with zero attached hydrogens (tertiary/aromatic N) is 4. The summed E-state index contributed by atoms with van der Waals surface area (Å²) in [6.45, 7) is 5.17. The van der Waals surface area contributed by atoms with E-state index in [4.69, 9.17) is 23.2 Å². The number of hydrogen-bond acceptors (Lipinski definition) is 5. The lowest BCUT2D eigenvalue weighted by atomic mass is 9.93. The van der Waals surface area contributed by atoms with Crippen molar-refractivity contribution in [2.75, 3.05) is 46.3 Å². The minimum absolute atomic E-state index is 0.0665. The lowest BCUT2D eigenvalue weighted by Crippen LogP contribution is -2.59.